The minimum Gasteiger partial charge on any atom is -0.380 e. The van der Waals surface area contributed by atoms with Crippen LogP contribution >= 0.6 is 11.3 Å². The number of amides is 1. The molecule has 0 radical (unpaired) electrons. The summed E-state index contributed by atoms with van der Waals surface area (Å²) in [4.78, 5) is 15.8. The summed E-state index contributed by atoms with van der Waals surface area (Å²) in [6, 6.07) is 11.4. The predicted octanol–water partition coefficient (Wildman–Crippen LogP) is 5.17. The molecule has 1 atom stereocenters. The van der Waals surface area contributed by atoms with Crippen LogP contribution in [0.2, 0.25) is 0 Å². The molecule has 28 heavy (non-hydrogen) atoms. The Kier molecular flexibility index (Phi) is 5.42. The first-order valence-electron chi connectivity index (χ1n) is 9.32. The summed E-state index contributed by atoms with van der Waals surface area (Å²) in [7, 11) is 1.54. The highest BCUT2D eigenvalue weighted by Crippen LogP contribution is 2.36. The molecule has 146 valence electrons. The highest BCUT2D eigenvalue weighted by Gasteiger charge is 2.32. The standard InChI is InChI=1S/C22H21F2NO2S/c1-27-13-17-20-18(24)8-3-9-19(20)28-21(17)22(26)25-10-4-7-16(25)12-14-5-2-6-15(23)11-14/h2-3,5-6,8-9,11,16H,4,7,10,12-13H2,1H3. The molecule has 1 aromatic heterocycles. The van der Waals surface area contributed by atoms with E-state index in [1.54, 1.807) is 19.2 Å². The van der Waals surface area contributed by atoms with Gasteiger partial charge in [0.25, 0.3) is 5.91 Å². The summed E-state index contributed by atoms with van der Waals surface area (Å²) < 4.78 is 34.0. The summed E-state index contributed by atoms with van der Waals surface area (Å²) >= 11 is 1.31. The molecule has 0 saturated carbocycles. The number of thiophene rings is 1. The van der Waals surface area contributed by atoms with E-state index in [2.05, 4.69) is 0 Å². The van der Waals surface area contributed by atoms with Gasteiger partial charge in [0.05, 0.1) is 11.5 Å². The van der Waals surface area contributed by atoms with Crippen molar-refractivity contribution in [1.82, 2.24) is 4.90 Å². The predicted molar refractivity (Wildman–Crippen MR) is 107 cm³/mol. The first kappa shape index (κ1) is 19.0. The van der Waals surface area contributed by atoms with E-state index < -0.39 is 0 Å². The van der Waals surface area contributed by atoms with Crippen LogP contribution in [0.5, 0.6) is 0 Å². The molecule has 3 nitrogen and oxygen atoms in total. The third-order valence-corrected chi connectivity index (χ3v) is 6.43. The Balaban J connectivity index is 1.66. The Morgan fingerprint density at radius 3 is 2.86 bits per heavy atom. The number of rotatable bonds is 5. The van der Waals surface area contributed by atoms with Crippen molar-refractivity contribution in [3.05, 3.63) is 70.1 Å². The Morgan fingerprint density at radius 2 is 2.07 bits per heavy atom. The van der Waals surface area contributed by atoms with Gasteiger partial charge in [0.15, 0.2) is 0 Å². The van der Waals surface area contributed by atoms with Crippen molar-refractivity contribution < 1.29 is 18.3 Å². The average Bonchev–Trinajstić information content (AvgIpc) is 3.27. The number of hydrogen-bond acceptors (Lipinski definition) is 3. The van der Waals surface area contributed by atoms with E-state index in [4.69, 9.17) is 4.74 Å². The quantitative estimate of drug-likeness (QED) is 0.590. The Hall–Kier alpha value is -2.31. The summed E-state index contributed by atoms with van der Waals surface area (Å²) in [6.45, 7) is 0.840. The number of nitrogens with zero attached hydrogens (tertiary/aromatic N) is 1. The molecule has 0 N–H and O–H groups in total. The zero-order chi connectivity index (χ0) is 19.7. The number of hydrogen-bond donors (Lipinski definition) is 0. The fourth-order valence-electron chi connectivity index (χ4n) is 4.00. The van der Waals surface area contributed by atoms with Gasteiger partial charge in [-0.05, 0) is 49.1 Å². The van der Waals surface area contributed by atoms with Gasteiger partial charge >= 0.3 is 0 Å². The topological polar surface area (TPSA) is 29.5 Å². The molecule has 2 aromatic carbocycles. The van der Waals surface area contributed by atoms with E-state index >= 15 is 0 Å². The van der Waals surface area contributed by atoms with Crippen molar-refractivity contribution in [3.8, 4) is 0 Å². The molecule has 0 spiro atoms. The molecule has 1 aliphatic rings. The van der Waals surface area contributed by atoms with Crippen molar-refractivity contribution in [3.63, 3.8) is 0 Å². The van der Waals surface area contributed by atoms with E-state index in [9.17, 15) is 13.6 Å². The first-order chi connectivity index (χ1) is 13.6. The fraction of sp³-hybridized carbons (Fsp3) is 0.318. The molecule has 1 amide bonds. The number of halogens is 2. The van der Waals surface area contributed by atoms with Gasteiger partial charge in [-0.3, -0.25) is 4.79 Å². The number of fused-ring (bicyclic) bond motifs is 1. The molecule has 1 fully saturated rings. The lowest BCUT2D eigenvalue weighted by atomic mass is 10.0. The van der Waals surface area contributed by atoms with Crippen molar-refractivity contribution in [2.24, 2.45) is 0 Å². The Labute approximate surface area is 166 Å². The van der Waals surface area contributed by atoms with Gasteiger partial charge in [0.1, 0.15) is 11.6 Å². The van der Waals surface area contributed by atoms with Crippen LogP contribution < -0.4 is 0 Å². The van der Waals surface area contributed by atoms with E-state index in [1.165, 1.54) is 29.5 Å². The maximum Gasteiger partial charge on any atom is 0.264 e. The van der Waals surface area contributed by atoms with Crippen molar-refractivity contribution in [2.75, 3.05) is 13.7 Å². The number of benzene rings is 2. The molecule has 0 bridgehead atoms. The maximum atomic E-state index is 14.4. The number of carbonyl (C=O) groups is 1. The lowest BCUT2D eigenvalue weighted by Gasteiger charge is -2.25. The third-order valence-electron chi connectivity index (χ3n) is 5.24. The third kappa shape index (κ3) is 3.54. The van der Waals surface area contributed by atoms with Crippen LogP contribution in [0.4, 0.5) is 8.78 Å². The zero-order valence-electron chi connectivity index (χ0n) is 15.6. The average molecular weight is 401 g/mol. The van der Waals surface area contributed by atoms with Crippen LogP contribution in [-0.4, -0.2) is 30.5 Å². The van der Waals surface area contributed by atoms with Crippen LogP contribution in [0, 0.1) is 11.6 Å². The Morgan fingerprint density at radius 1 is 1.25 bits per heavy atom. The highest BCUT2D eigenvalue weighted by molar-refractivity contribution is 7.21. The minimum absolute atomic E-state index is 0.0137. The van der Waals surface area contributed by atoms with Gasteiger partial charge in [-0.25, -0.2) is 8.78 Å². The molecule has 1 saturated heterocycles. The second kappa shape index (κ2) is 7.97. The first-order valence-corrected chi connectivity index (χ1v) is 10.1. The molecular weight excluding hydrogens is 380 g/mol. The SMILES string of the molecule is COCc1c(C(=O)N2CCCC2Cc2cccc(F)c2)sc2cccc(F)c12. The van der Waals surface area contributed by atoms with Crippen molar-refractivity contribution in [2.45, 2.75) is 31.9 Å². The van der Waals surface area contributed by atoms with E-state index in [0.717, 1.165) is 23.1 Å². The molecule has 1 unspecified atom stereocenters. The molecule has 0 aliphatic carbocycles. The van der Waals surface area contributed by atoms with Gasteiger partial charge in [0, 0.05) is 35.3 Å². The smallest absolute Gasteiger partial charge is 0.264 e. The molecular formula is C22H21F2NO2S. The van der Waals surface area contributed by atoms with Crippen molar-refractivity contribution in [1.29, 1.82) is 0 Å². The monoisotopic (exact) mass is 401 g/mol. The number of methoxy groups -OCH3 is 1. The summed E-state index contributed by atoms with van der Waals surface area (Å²) in [5, 5.41) is 0.471. The maximum absolute atomic E-state index is 14.4. The van der Waals surface area contributed by atoms with Gasteiger partial charge < -0.3 is 9.64 Å². The number of carbonyl (C=O) groups excluding carboxylic acids is 1. The lowest BCUT2D eigenvalue weighted by molar-refractivity contribution is 0.0737. The zero-order valence-corrected chi connectivity index (χ0v) is 16.4. The van der Waals surface area contributed by atoms with Crippen molar-refractivity contribution >= 4 is 27.3 Å². The summed E-state index contributed by atoms with van der Waals surface area (Å²) in [5.74, 6) is -0.695. The fourth-order valence-corrected chi connectivity index (χ4v) is 5.18. The largest absolute Gasteiger partial charge is 0.380 e. The lowest BCUT2D eigenvalue weighted by Crippen LogP contribution is -2.36. The van der Waals surface area contributed by atoms with Gasteiger partial charge in [-0.1, -0.05) is 18.2 Å². The summed E-state index contributed by atoms with van der Waals surface area (Å²) in [6.07, 6.45) is 2.40. The molecule has 3 aromatic rings. The molecule has 2 heterocycles. The number of likely N-dealkylation sites (tertiary alicyclic amines) is 1. The second-order valence-corrected chi connectivity index (χ2v) is 8.14. The van der Waals surface area contributed by atoms with Gasteiger partial charge in [-0.2, -0.15) is 0 Å². The molecule has 6 heteroatoms. The summed E-state index contributed by atoms with van der Waals surface area (Å²) in [5.41, 5.74) is 1.49. The minimum atomic E-state index is -0.336. The van der Waals surface area contributed by atoms with Gasteiger partial charge in [0.2, 0.25) is 0 Å². The second-order valence-electron chi connectivity index (χ2n) is 7.08. The Bertz CT molecular complexity index is 1020. The van der Waals surface area contributed by atoms with Crippen LogP contribution in [-0.2, 0) is 17.8 Å². The number of ether oxygens (including phenoxy) is 1. The van der Waals surface area contributed by atoms with Gasteiger partial charge in [-0.15, -0.1) is 11.3 Å². The normalized spacial score (nSPS) is 16.8. The van der Waals surface area contributed by atoms with Crippen LogP contribution in [0.3, 0.4) is 0 Å². The van der Waals surface area contributed by atoms with E-state index in [-0.39, 0.29) is 30.2 Å². The molecule has 4 rings (SSSR count). The van der Waals surface area contributed by atoms with Crippen LogP contribution in [0.15, 0.2) is 42.5 Å². The van der Waals surface area contributed by atoms with E-state index in [1.807, 2.05) is 17.0 Å². The van der Waals surface area contributed by atoms with E-state index in [0.29, 0.717) is 28.8 Å². The van der Waals surface area contributed by atoms with Crippen LogP contribution in [0.25, 0.3) is 10.1 Å². The highest BCUT2D eigenvalue weighted by atomic mass is 32.1. The van der Waals surface area contributed by atoms with Crippen LogP contribution in [0.1, 0.15) is 33.6 Å². The molecule has 1 aliphatic heterocycles.